The van der Waals surface area contributed by atoms with E-state index in [1.54, 1.807) is 0 Å². The van der Waals surface area contributed by atoms with Crippen LogP contribution in [0.25, 0.3) is 0 Å². The Morgan fingerprint density at radius 1 is 1.38 bits per heavy atom. The molecule has 0 aliphatic carbocycles. The van der Waals surface area contributed by atoms with Crippen LogP contribution in [0.4, 0.5) is 0 Å². The van der Waals surface area contributed by atoms with E-state index in [9.17, 15) is 4.79 Å². The topological polar surface area (TPSA) is 29.5 Å². The van der Waals surface area contributed by atoms with E-state index in [2.05, 4.69) is 6.58 Å². The van der Waals surface area contributed by atoms with Gasteiger partial charge in [-0.2, -0.15) is 0 Å². The molecule has 0 N–H and O–H groups in total. The fourth-order valence-electron chi connectivity index (χ4n) is 2.10. The molecule has 0 radical (unpaired) electrons. The van der Waals surface area contributed by atoms with E-state index >= 15 is 0 Å². The first-order valence-corrected chi connectivity index (χ1v) is 4.82. The Labute approximate surface area is 82.3 Å². The zero-order chi connectivity index (χ0) is 9.42. The van der Waals surface area contributed by atoms with E-state index in [1.165, 1.54) is 0 Å². The maximum atomic E-state index is 11.6. The minimum atomic E-state index is -0.127. The largest absolute Gasteiger partial charge is 0.377 e. The molecule has 2 atom stereocenters. The van der Waals surface area contributed by atoms with Gasteiger partial charge in [-0.25, -0.2) is 0 Å². The second-order valence-electron chi connectivity index (χ2n) is 3.54. The minimum absolute atomic E-state index is 0.110. The Hall–Kier alpha value is -0.540. The fraction of sp³-hybridized carbons (Fsp3) is 0.667. The lowest BCUT2D eigenvalue weighted by atomic mass is 10.2. The lowest BCUT2D eigenvalue weighted by molar-refractivity contribution is -0.136. The Morgan fingerprint density at radius 3 is 2.38 bits per heavy atom. The number of ether oxygens (including phenoxy) is 1. The molecule has 0 aromatic carbocycles. The van der Waals surface area contributed by atoms with E-state index in [0.717, 1.165) is 12.8 Å². The van der Waals surface area contributed by atoms with Crippen LogP contribution in [0.2, 0.25) is 0 Å². The molecule has 1 amide bonds. The molecule has 4 heteroatoms. The van der Waals surface area contributed by atoms with Gasteiger partial charge in [-0.15, -0.1) is 0 Å². The predicted octanol–water partition coefficient (Wildman–Crippen LogP) is 1.13. The first kappa shape index (κ1) is 9.03. The molecule has 2 bridgehead atoms. The zero-order valence-electron chi connectivity index (χ0n) is 7.33. The van der Waals surface area contributed by atoms with Crippen molar-refractivity contribution in [3.8, 4) is 0 Å². The standard InChI is InChI=1S/C9H12ClNO2/c1-6(10)9(12)11-7-2-3-8(11)5-13-4-7/h7-8H,1-5H2. The van der Waals surface area contributed by atoms with E-state index in [0.29, 0.717) is 13.2 Å². The summed E-state index contributed by atoms with van der Waals surface area (Å²) in [6.07, 6.45) is 2.06. The van der Waals surface area contributed by atoms with Crippen molar-refractivity contribution in [2.45, 2.75) is 24.9 Å². The van der Waals surface area contributed by atoms with Gasteiger partial charge in [0.05, 0.1) is 30.3 Å². The molecule has 72 valence electrons. The highest BCUT2D eigenvalue weighted by atomic mass is 35.5. The summed E-state index contributed by atoms with van der Waals surface area (Å²) >= 11 is 5.59. The van der Waals surface area contributed by atoms with Gasteiger partial charge >= 0.3 is 0 Å². The van der Waals surface area contributed by atoms with Gasteiger partial charge in [0, 0.05) is 0 Å². The van der Waals surface area contributed by atoms with E-state index in [-0.39, 0.29) is 23.0 Å². The van der Waals surface area contributed by atoms with Gasteiger partial charge in [-0.1, -0.05) is 18.2 Å². The maximum Gasteiger partial charge on any atom is 0.265 e. The molecule has 2 saturated heterocycles. The van der Waals surface area contributed by atoms with Crippen molar-refractivity contribution in [2.24, 2.45) is 0 Å². The number of fused-ring (bicyclic) bond motifs is 2. The molecule has 2 rings (SSSR count). The number of carbonyl (C=O) groups is 1. The highest BCUT2D eigenvalue weighted by Gasteiger charge is 2.40. The summed E-state index contributed by atoms with van der Waals surface area (Å²) < 4.78 is 5.35. The molecule has 0 aromatic rings. The van der Waals surface area contributed by atoms with Crippen LogP contribution in [0.5, 0.6) is 0 Å². The summed E-state index contributed by atoms with van der Waals surface area (Å²) in [5.41, 5.74) is 0. The van der Waals surface area contributed by atoms with Crippen LogP contribution in [0.1, 0.15) is 12.8 Å². The molecule has 2 aliphatic heterocycles. The van der Waals surface area contributed by atoms with Gasteiger partial charge in [-0.05, 0) is 12.8 Å². The summed E-state index contributed by atoms with van der Waals surface area (Å²) in [4.78, 5) is 13.4. The van der Waals surface area contributed by atoms with Crippen molar-refractivity contribution in [1.29, 1.82) is 0 Å². The van der Waals surface area contributed by atoms with Gasteiger partial charge in [0.2, 0.25) is 0 Å². The number of halogens is 1. The number of rotatable bonds is 1. The summed E-state index contributed by atoms with van der Waals surface area (Å²) in [7, 11) is 0. The molecule has 2 heterocycles. The molecular weight excluding hydrogens is 190 g/mol. The first-order chi connectivity index (χ1) is 6.20. The third-order valence-corrected chi connectivity index (χ3v) is 2.87. The number of hydrogen-bond acceptors (Lipinski definition) is 2. The Morgan fingerprint density at radius 2 is 1.92 bits per heavy atom. The minimum Gasteiger partial charge on any atom is -0.377 e. The Kier molecular flexibility index (Phi) is 2.30. The molecule has 2 fully saturated rings. The summed E-state index contributed by atoms with van der Waals surface area (Å²) in [5.74, 6) is -0.127. The molecule has 3 nitrogen and oxygen atoms in total. The van der Waals surface area contributed by atoms with Crippen LogP contribution in [0.15, 0.2) is 11.6 Å². The molecule has 2 aliphatic rings. The number of nitrogens with zero attached hydrogens (tertiary/aromatic N) is 1. The van der Waals surface area contributed by atoms with Crippen molar-refractivity contribution < 1.29 is 9.53 Å². The van der Waals surface area contributed by atoms with Crippen molar-refractivity contribution >= 4 is 17.5 Å². The van der Waals surface area contributed by atoms with Crippen LogP contribution >= 0.6 is 11.6 Å². The molecular formula is C9H12ClNO2. The highest BCUT2D eigenvalue weighted by Crippen LogP contribution is 2.30. The van der Waals surface area contributed by atoms with Crippen LogP contribution < -0.4 is 0 Å². The summed E-state index contributed by atoms with van der Waals surface area (Å²) in [6.45, 7) is 4.75. The second kappa shape index (κ2) is 3.31. The third-order valence-electron chi connectivity index (χ3n) is 2.71. The lowest BCUT2D eigenvalue weighted by Gasteiger charge is -2.34. The normalized spacial score (nSPS) is 31.9. The SMILES string of the molecule is C=C(Cl)C(=O)N1C2CCC1COC2. The Balaban J connectivity index is 2.15. The van der Waals surface area contributed by atoms with Gasteiger partial charge < -0.3 is 9.64 Å². The molecule has 13 heavy (non-hydrogen) atoms. The summed E-state index contributed by atoms with van der Waals surface area (Å²) in [6, 6.07) is 0.448. The molecule has 0 spiro atoms. The van der Waals surface area contributed by atoms with E-state index in [4.69, 9.17) is 16.3 Å². The smallest absolute Gasteiger partial charge is 0.265 e. The summed E-state index contributed by atoms with van der Waals surface area (Å²) in [5, 5.41) is 0.110. The molecule has 0 aromatic heterocycles. The number of morpholine rings is 1. The van der Waals surface area contributed by atoms with E-state index in [1.807, 2.05) is 4.90 Å². The van der Waals surface area contributed by atoms with Gasteiger partial charge in [-0.3, -0.25) is 4.79 Å². The number of hydrogen-bond donors (Lipinski definition) is 0. The third kappa shape index (κ3) is 1.46. The van der Waals surface area contributed by atoms with Gasteiger partial charge in [0.25, 0.3) is 5.91 Å². The van der Waals surface area contributed by atoms with Crippen LogP contribution in [0.3, 0.4) is 0 Å². The predicted molar refractivity (Wildman–Crippen MR) is 49.5 cm³/mol. The van der Waals surface area contributed by atoms with E-state index < -0.39 is 0 Å². The van der Waals surface area contributed by atoms with Crippen LogP contribution in [-0.4, -0.2) is 36.1 Å². The van der Waals surface area contributed by atoms with Gasteiger partial charge in [0.1, 0.15) is 0 Å². The lowest BCUT2D eigenvalue weighted by Crippen LogP contribution is -2.49. The van der Waals surface area contributed by atoms with Gasteiger partial charge in [0.15, 0.2) is 0 Å². The zero-order valence-corrected chi connectivity index (χ0v) is 8.09. The molecule has 0 saturated carbocycles. The maximum absolute atomic E-state index is 11.6. The van der Waals surface area contributed by atoms with Crippen LogP contribution in [0, 0.1) is 0 Å². The average Bonchev–Trinajstić information content (AvgIpc) is 2.34. The van der Waals surface area contributed by atoms with Crippen LogP contribution in [-0.2, 0) is 9.53 Å². The fourth-order valence-corrected chi connectivity index (χ4v) is 2.20. The first-order valence-electron chi connectivity index (χ1n) is 4.45. The highest BCUT2D eigenvalue weighted by molar-refractivity contribution is 6.41. The second-order valence-corrected chi connectivity index (χ2v) is 4.00. The van der Waals surface area contributed by atoms with Crippen molar-refractivity contribution in [3.63, 3.8) is 0 Å². The van der Waals surface area contributed by atoms with Crippen molar-refractivity contribution in [2.75, 3.05) is 13.2 Å². The number of amides is 1. The Bertz CT molecular complexity index is 238. The number of carbonyl (C=O) groups excluding carboxylic acids is 1. The monoisotopic (exact) mass is 201 g/mol. The van der Waals surface area contributed by atoms with Crippen molar-refractivity contribution in [1.82, 2.24) is 4.90 Å². The van der Waals surface area contributed by atoms with Crippen molar-refractivity contribution in [3.05, 3.63) is 11.6 Å². The average molecular weight is 202 g/mol. The quantitative estimate of drug-likeness (QED) is 0.596. The molecule has 2 unspecified atom stereocenters.